The predicted octanol–water partition coefficient (Wildman–Crippen LogP) is 4.63. The number of rotatable bonds is 5. The van der Waals surface area contributed by atoms with E-state index in [9.17, 15) is 5.11 Å². The number of ether oxygens (including phenoxy) is 1. The first-order valence-electron chi connectivity index (χ1n) is 11.0. The second-order valence-electron chi connectivity index (χ2n) is 8.36. The highest BCUT2D eigenvalue weighted by Crippen LogP contribution is 2.34. The molecule has 1 aliphatic heterocycles. The van der Waals surface area contributed by atoms with Gasteiger partial charge in [-0.2, -0.15) is 5.10 Å². The van der Waals surface area contributed by atoms with Crippen molar-refractivity contribution in [2.75, 3.05) is 18.0 Å². The molecule has 0 aliphatic carbocycles. The highest BCUT2D eigenvalue weighted by Gasteiger charge is 2.20. The highest BCUT2D eigenvalue weighted by molar-refractivity contribution is 6.36. The minimum absolute atomic E-state index is 0.217. The summed E-state index contributed by atoms with van der Waals surface area (Å²) >= 11 is 12.7. The smallest absolute Gasteiger partial charge is 0.177 e. The zero-order valence-corrected chi connectivity index (χ0v) is 20.0. The Labute approximate surface area is 206 Å². The molecule has 5 rings (SSSR count). The number of nitrogens with two attached hydrogens (primary N) is 1. The minimum Gasteiger partial charge on any atom is -0.471 e. The molecule has 1 fully saturated rings. The number of hydrogen-bond acceptors (Lipinski definition) is 7. The summed E-state index contributed by atoms with van der Waals surface area (Å²) in [5.74, 6) is 1.45. The summed E-state index contributed by atoms with van der Waals surface area (Å²) in [6.45, 7) is 3.38. The lowest BCUT2D eigenvalue weighted by Gasteiger charge is -2.30. The molecule has 1 atom stereocenters. The number of nitrogens with one attached hydrogen (secondary N) is 1. The molecule has 0 saturated carbocycles. The number of hydrogen-bond donors (Lipinski definition) is 3. The zero-order valence-electron chi connectivity index (χ0n) is 18.5. The van der Waals surface area contributed by atoms with E-state index in [0.29, 0.717) is 27.1 Å². The molecule has 4 heterocycles. The molecule has 1 saturated heterocycles. The molecule has 1 aromatic carbocycles. The number of fused-ring (bicyclic) bond motifs is 1. The number of H-pyrrole nitrogens is 1. The molecule has 0 bridgehead atoms. The number of halogens is 2. The molecular formula is C24H24Cl2N6O2. The van der Waals surface area contributed by atoms with Crippen LogP contribution in [0.25, 0.3) is 22.2 Å². The van der Waals surface area contributed by atoms with Crippen molar-refractivity contribution < 1.29 is 9.84 Å². The summed E-state index contributed by atoms with van der Waals surface area (Å²) in [5, 5.41) is 18.9. The number of benzene rings is 1. The van der Waals surface area contributed by atoms with Crippen LogP contribution in [-0.4, -0.2) is 44.5 Å². The van der Waals surface area contributed by atoms with E-state index in [0.717, 1.165) is 53.9 Å². The lowest BCUT2D eigenvalue weighted by Crippen LogP contribution is -2.36. The fourth-order valence-corrected chi connectivity index (χ4v) is 4.70. The van der Waals surface area contributed by atoms with Crippen LogP contribution in [0.15, 0.2) is 42.7 Å². The third-order valence-electron chi connectivity index (χ3n) is 6.07. The van der Waals surface area contributed by atoms with Gasteiger partial charge in [-0.15, -0.1) is 0 Å². The van der Waals surface area contributed by atoms with Gasteiger partial charge in [-0.1, -0.05) is 23.2 Å². The largest absolute Gasteiger partial charge is 0.471 e. The van der Waals surface area contributed by atoms with Gasteiger partial charge < -0.3 is 14.7 Å². The Kier molecular flexibility index (Phi) is 6.31. The molecule has 0 amide bonds. The van der Waals surface area contributed by atoms with Gasteiger partial charge in [0.1, 0.15) is 17.3 Å². The summed E-state index contributed by atoms with van der Waals surface area (Å²) < 4.78 is 5.99. The van der Waals surface area contributed by atoms with Crippen molar-refractivity contribution in [2.24, 2.45) is 5.73 Å². The van der Waals surface area contributed by atoms with Crippen LogP contribution in [0.4, 0.5) is 5.82 Å². The maximum atomic E-state index is 9.73. The summed E-state index contributed by atoms with van der Waals surface area (Å²) in [6.07, 6.45) is 3.76. The maximum Gasteiger partial charge on any atom is 0.177 e. The summed E-state index contributed by atoms with van der Waals surface area (Å²) in [7, 11) is 0. The fraction of sp³-hybridized carbons (Fsp3) is 0.292. The van der Waals surface area contributed by atoms with Crippen molar-refractivity contribution in [3.05, 3.63) is 64.0 Å². The Bertz CT molecular complexity index is 1320. The second-order valence-corrected chi connectivity index (χ2v) is 9.15. The summed E-state index contributed by atoms with van der Waals surface area (Å²) in [4.78, 5) is 11.0. The lowest BCUT2D eigenvalue weighted by atomic mass is 10.1. The van der Waals surface area contributed by atoms with E-state index in [2.05, 4.69) is 25.1 Å². The van der Waals surface area contributed by atoms with E-state index in [1.54, 1.807) is 6.92 Å². The molecule has 10 heteroatoms. The number of aryl methyl sites for hydroxylation is 1. The highest BCUT2D eigenvalue weighted by atomic mass is 35.5. The Morgan fingerprint density at radius 3 is 2.68 bits per heavy atom. The van der Waals surface area contributed by atoms with Gasteiger partial charge in [0.15, 0.2) is 6.23 Å². The lowest BCUT2D eigenvalue weighted by molar-refractivity contribution is 0.145. The van der Waals surface area contributed by atoms with Gasteiger partial charge in [0, 0.05) is 42.0 Å². The average molecular weight is 499 g/mol. The van der Waals surface area contributed by atoms with E-state index in [1.165, 1.54) is 6.20 Å². The molecule has 4 aromatic rings. The van der Waals surface area contributed by atoms with E-state index in [-0.39, 0.29) is 6.10 Å². The van der Waals surface area contributed by atoms with Crippen molar-refractivity contribution in [3.8, 4) is 17.0 Å². The van der Waals surface area contributed by atoms with Crippen LogP contribution >= 0.6 is 23.2 Å². The predicted molar refractivity (Wildman–Crippen MR) is 133 cm³/mol. The third kappa shape index (κ3) is 4.42. The van der Waals surface area contributed by atoms with Crippen molar-refractivity contribution in [1.82, 2.24) is 20.2 Å². The first-order valence-corrected chi connectivity index (χ1v) is 11.8. The molecular weight excluding hydrogens is 475 g/mol. The molecule has 0 radical (unpaired) electrons. The first-order chi connectivity index (χ1) is 16.4. The Morgan fingerprint density at radius 1 is 1.15 bits per heavy atom. The number of anilines is 1. The number of aliphatic hydroxyl groups excluding tert-OH is 1. The fourth-order valence-electron chi connectivity index (χ4n) is 4.14. The molecule has 8 nitrogen and oxygen atoms in total. The number of piperidine rings is 1. The van der Waals surface area contributed by atoms with E-state index >= 15 is 0 Å². The molecule has 34 heavy (non-hydrogen) atoms. The van der Waals surface area contributed by atoms with Gasteiger partial charge in [-0.05, 0) is 50.1 Å². The number of aliphatic hydroxyl groups is 1. The van der Waals surface area contributed by atoms with Gasteiger partial charge in [0.05, 0.1) is 27.4 Å². The van der Waals surface area contributed by atoms with Crippen molar-refractivity contribution in [3.63, 3.8) is 0 Å². The standard InChI is InChI=1S/C24H24Cl2N6O2/c1-13-22(26)21(18(25)12-28-13)24(27)34-16-3-4-19-17(10-16)23(31-30-19)14-2-5-20(29-11-14)32-8-6-15(33)7-9-32/h2-5,10-12,15,24,33H,6-9,27H2,1H3,(H,30,31)/t24-/m0/s1. The van der Waals surface area contributed by atoms with Crippen molar-refractivity contribution in [2.45, 2.75) is 32.1 Å². The molecule has 0 unspecified atom stereocenters. The van der Waals surface area contributed by atoms with Crippen LogP contribution < -0.4 is 15.4 Å². The van der Waals surface area contributed by atoms with Gasteiger partial charge in [-0.3, -0.25) is 15.8 Å². The van der Waals surface area contributed by atoms with Gasteiger partial charge in [0.25, 0.3) is 0 Å². The summed E-state index contributed by atoms with van der Waals surface area (Å²) in [5.41, 5.74) is 9.92. The van der Waals surface area contributed by atoms with Gasteiger partial charge >= 0.3 is 0 Å². The number of nitrogens with zero attached hydrogens (tertiary/aromatic N) is 4. The number of aromatic amines is 1. The van der Waals surface area contributed by atoms with Crippen LogP contribution in [-0.2, 0) is 0 Å². The molecule has 4 N–H and O–H groups in total. The van der Waals surface area contributed by atoms with Crippen molar-refractivity contribution >= 4 is 39.9 Å². The van der Waals surface area contributed by atoms with Crippen LogP contribution in [0.2, 0.25) is 10.0 Å². The third-order valence-corrected chi connectivity index (χ3v) is 6.85. The quantitative estimate of drug-likeness (QED) is 0.343. The zero-order chi connectivity index (χ0) is 23.8. The SMILES string of the molecule is Cc1ncc(Cl)c([C@@H](N)Oc2ccc3[nH]nc(-c4ccc(N5CCC(O)CC5)nc4)c3c2)c1Cl. The second kappa shape index (κ2) is 9.38. The van der Waals surface area contributed by atoms with Crippen LogP contribution in [0.3, 0.4) is 0 Å². The monoisotopic (exact) mass is 498 g/mol. The van der Waals surface area contributed by atoms with E-state index < -0.39 is 6.23 Å². The average Bonchev–Trinajstić information content (AvgIpc) is 3.26. The van der Waals surface area contributed by atoms with E-state index in [4.69, 9.17) is 33.7 Å². The Morgan fingerprint density at radius 2 is 1.94 bits per heavy atom. The van der Waals surface area contributed by atoms with Crippen LogP contribution in [0.5, 0.6) is 5.75 Å². The van der Waals surface area contributed by atoms with Gasteiger partial charge in [-0.25, -0.2) is 4.98 Å². The molecule has 0 spiro atoms. The maximum absolute atomic E-state index is 9.73. The molecule has 1 aliphatic rings. The van der Waals surface area contributed by atoms with Crippen LogP contribution in [0, 0.1) is 6.92 Å². The molecule has 3 aromatic heterocycles. The number of aromatic nitrogens is 4. The topological polar surface area (TPSA) is 113 Å². The van der Waals surface area contributed by atoms with Gasteiger partial charge in [0.2, 0.25) is 0 Å². The normalized spacial score (nSPS) is 15.6. The minimum atomic E-state index is -0.862. The Hall–Kier alpha value is -2.91. The molecule has 176 valence electrons. The van der Waals surface area contributed by atoms with E-state index in [1.807, 2.05) is 36.5 Å². The van der Waals surface area contributed by atoms with Crippen LogP contribution in [0.1, 0.15) is 30.3 Å². The first kappa shape index (κ1) is 22.9. The number of pyridine rings is 2. The Balaban J connectivity index is 1.40. The summed E-state index contributed by atoms with van der Waals surface area (Å²) in [6, 6.07) is 9.56. The van der Waals surface area contributed by atoms with Crippen molar-refractivity contribution in [1.29, 1.82) is 0 Å².